The number of H-pyrrole nitrogens is 1. The van der Waals surface area contributed by atoms with Crippen LogP contribution in [0.3, 0.4) is 0 Å². The van der Waals surface area contributed by atoms with Crippen molar-refractivity contribution in [3.05, 3.63) is 71.4 Å². The summed E-state index contributed by atoms with van der Waals surface area (Å²) in [7, 11) is 0. The lowest BCUT2D eigenvalue weighted by Gasteiger charge is -2.14. The minimum atomic E-state index is -0.250. The zero-order valence-corrected chi connectivity index (χ0v) is 12.8. The predicted octanol–water partition coefficient (Wildman–Crippen LogP) is 4.18. The zero-order chi connectivity index (χ0) is 16.5. The minimum Gasteiger partial charge on any atom is -0.506 e. The Hall–Kier alpha value is -3.27. The van der Waals surface area contributed by atoms with Crippen molar-refractivity contribution in [1.82, 2.24) is 4.98 Å². The van der Waals surface area contributed by atoms with E-state index in [-0.39, 0.29) is 17.1 Å². The molecule has 0 atom stereocenters. The number of carbonyl (C=O) groups excluding carboxylic acids is 1. The first kappa shape index (κ1) is 14.3. The predicted molar refractivity (Wildman–Crippen MR) is 94.3 cm³/mol. The molecule has 0 bridgehead atoms. The molecule has 2 N–H and O–H groups in total. The average molecular weight is 317 g/mol. The molecule has 1 aromatic heterocycles. The summed E-state index contributed by atoms with van der Waals surface area (Å²) >= 11 is 0. The second-order valence-corrected chi connectivity index (χ2v) is 5.57. The van der Waals surface area contributed by atoms with Crippen LogP contribution in [-0.2, 0) is 0 Å². The van der Waals surface area contributed by atoms with E-state index in [0.717, 1.165) is 16.5 Å². The lowest BCUT2D eigenvalue weighted by Crippen LogP contribution is -2.03. The number of benzene rings is 2. The van der Waals surface area contributed by atoms with Crippen molar-refractivity contribution < 1.29 is 14.6 Å². The summed E-state index contributed by atoms with van der Waals surface area (Å²) in [6.07, 6.45) is 8.67. The minimum absolute atomic E-state index is 0.0444. The van der Waals surface area contributed by atoms with E-state index in [9.17, 15) is 9.90 Å². The van der Waals surface area contributed by atoms with Gasteiger partial charge in [-0.1, -0.05) is 18.2 Å². The third-order valence-corrected chi connectivity index (χ3v) is 4.10. The van der Waals surface area contributed by atoms with Gasteiger partial charge in [-0.25, -0.2) is 0 Å². The van der Waals surface area contributed by atoms with Gasteiger partial charge in [-0.3, -0.25) is 4.79 Å². The van der Waals surface area contributed by atoms with Gasteiger partial charge in [0.2, 0.25) is 0 Å². The van der Waals surface area contributed by atoms with E-state index in [2.05, 4.69) is 4.98 Å². The summed E-state index contributed by atoms with van der Waals surface area (Å²) in [6, 6.07) is 11.2. The quantitative estimate of drug-likeness (QED) is 0.563. The van der Waals surface area contributed by atoms with E-state index in [1.807, 2.05) is 30.5 Å². The van der Waals surface area contributed by atoms with Crippen molar-refractivity contribution in [2.45, 2.75) is 0 Å². The number of nitrogens with one attached hydrogen (secondary N) is 1. The molecule has 2 heterocycles. The summed E-state index contributed by atoms with van der Waals surface area (Å²) < 4.78 is 5.43. The van der Waals surface area contributed by atoms with E-state index < -0.39 is 0 Å². The summed E-state index contributed by atoms with van der Waals surface area (Å²) in [6.45, 7) is 0.472. The average Bonchev–Trinajstić information content (AvgIpc) is 3.03. The molecule has 1 aliphatic heterocycles. The molecule has 0 aliphatic carbocycles. The largest absolute Gasteiger partial charge is 0.506 e. The second-order valence-electron chi connectivity index (χ2n) is 5.57. The number of ketones is 1. The Morgan fingerprint density at radius 1 is 1.21 bits per heavy atom. The lowest BCUT2D eigenvalue weighted by atomic mass is 10.0. The molecule has 4 nitrogen and oxygen atoms in total. The smallest absolute Gasteiger partial charge is 0.189 e. The normalized spacial score (nSPS) is 13.2. The van der Waals surface area contributed by atoms with Crippen molar-refractivity contribution in [3.8, 4) is 11.5 Å². The molecule has 0 saturated heterocycles. The van der Waals surface area contributed by atoms with Gasteiger partial charge in [-0.05, 0) is 48.1 Å². The molecule has 2 aromatic carbocycles. The first-order chi connectivity index (χ1) is 11.7. The number of hydrogen-bond donors (Lipinski definition) is 2. The molecule has 4 rings (SSSR count). The zero-order valence-electron chi connectivity index (χ0n) is 12.8. The Kier molecular flexibility index (Phi) is 3.43. The molecule has 118 valence electrons. The molecule has 0 radical (unpaired) electrons. The Morgan fingerprint density at radius 2 is 2.08 bits per heavy atom. The SMILES string of the molecule is O=C(/C=C/c1c[nH]c2ccccc12)c1ccc2c(c1O)C=CCO2. The van der Waals surface area contributed by atoms with Crippen molar-refractivity contribution in [2.24, 2.45) is 0 Å². The molecule has 0 fully saturated rings. The molecule has 24 heavy (non-hydrogen) atoms. The van der Waals surface area contributed by atoms with Gasteiger partial charge in [0.05, 0.1) is 11.1 Å². The maximum Gasteiger partial charge on any atom is 0.189 e. The first-order valence-electron chi connectivity index (χ1n) is 7.68. The van der Waals surface area contributed by atoms with Crippen LogP contribution in [0.15, 0.2) is 54.7 Å². The Labute approximate surface area is 138 Å². The van der Waals surface area contributed by atoms with Gasteiger partial charge in [0.1, 0.15) is 18.1 Å². The maximum absolute atomic E-state index is 12.5. The van der Waals surface area contributed by atoms with Gasteiger partial charge < -0.3 is 14.8 Å². The van der Waals surface area contributed by atoms with Crippen LogP contribution in [0.5, 0.6) is 11.5 Å². The Morgan fingerprint density at radius 3 is 3.00 bits per heavy atom. The van der Waals surface area contributed by atoms with Crippen LogP contribution >= 0.6 is 0 Å². The van der Waals surface area contributed by atoms with Crippen molar-refractivity contribution >= 4 is 28.8 Å². The van der Waals surface area contributed by atoms with Crippen LogP contribution in [0.1, 0.15) is 21.5 Å². The van der Waals surface area contributed by atoms with Gasteiger partial charge in [0.15, 0.2) is 5.78 Å². The number of allylic oxidation sites excluding steroid dienone is 1. The van der Waals surface area contributed by atoms with Crippen LogP contribution < -0.4 is 4.74 Å². The molecule has 0 amide bonds. The van der Waals surface area contributed by atoms with Gasteiger partial charge >= 0.3 is 0 Å². The van der Waals surface area contributed by atoms with Crippen LogP contribution in [0.2, 0.25) is 0 Å². The molecule has 3 aromatic rings. The fourth-order valence-corrected chi connectivity index (χ4v) is 2.87. The number of aromatic nitrogens is 1. The fourth-order valence-electron chi connectivity index (χ4n) is 2.87. The van der Waals surface area contributed by atoms with Crippen molar-refractivity contribution in [3.63, 3.8) is 0 Å². The van der Waals surface area contributed by atoms with Gasteiger partial charge in [0.25, 0.3) is 0 Å². The highest BCUT2D eigenvalue weighted by atomic mass is 16.5. The number of aromatic amines is 1. The molecular weight excluding hydrogens is 302 g/mol. The van der Waals surface area contributed by atoms with E-state index in [1.54, 1.807) is 30.4 Å². The van der Waals surface area contributed by atoms with Crippen LogP contribution in [-0.4, -0.2) is 22.5 Å². The van der Waals surface area contributed by atoms with Crippen LogP contribution in [0.4, 0.5) is 0 Å². The monoisotopic (exact) mass is 317 g/mol. The number of rotatable bonds is 3. The molecule has 0 saturated carbocycles. The number of phenols is 1. The number of aromatic hydroxyl groups is 1. The van der Waals surface area contributed by atoms with Crippen molar-refractivity contribution in [1.29, 1.82) is 0 Å². The molecule has 4 heteroatoms. The van der Waals surface area contributed by atoms with E-state index in [0.29, 0.717) is 17.9 Å². The standard InChI is InChI=1S/C20H15NO3/c22-18(9-7-13-12-21-17-6-2-1-4-14(13)17)15-8-10-19-16(20(15)23)5-3-11-24-19/h1-10,12,21,23H,11H2/b9-7+. The van der Waals surface area contributed by atoms with Crippen LogP contribution in [0.25, 0.3) is 23.1 Å². The summed E-state index contributed by atoms with van der Waals surface area (Å²) in [4.78, 5) is 15.6. The Balaban J connectivity index is 1.66. The molecule has 1 aliphatic rings. The Bertz CT molecular complexity index is 995. The summed E-state index contributed by atoms with van der Waals surface area (Å²) in [5.41, 5.74) is 2.76. The number of hydrogen-bond acceptors (Lipinski definition) is 3. The first-order valence-corrected chi connectivity index (χ1v) is 7.68. The third-order valence-electron chi connectivity index (χ3n) is 4.10. The highest BCUT2D eigenvalue weighted by Gasteiger charge is 2.17. The van der Waals surface area contributed by atoms with Gasteiger partial charge in [0, 0.05) is 17.1 Å². The van der Waals surface area contributed by atoms with E-state index >= 15 is 0 Å². The number of carbonyl (C=O) groups is 1. The summed E-state index contributed by atoms with van der Waals surface area (Å²) in [5, 5.41) is 11.4. The molecular formula is C20H15NO3. The van der Waals surface area contributed by atoms with E-state index in [4.69, 9.17) is 4.74 Å². The highest BCUT2D eigenvalue weighted by Crippen LogP contribution is 2.35. The van der Waals surface area contributed by atoms with Crippen molar-refractivity contribution in [2.75, 3.05) is 6.61 Å². The molecule has 0 unspecified atom stereocenters. The maximum atomic E-state index is 12.5. The summed E-state index contributed by atoms with van der Waals surface area (Å²) in [5.74, 6) is 0.295. The topological polar surface area (TPSA) is 62.3 Å². The second kappa shape index (κ2) is 5.74. The number of phenolic OH excluding ortho intramolecular Hbond substituents is 1. The van der Waals surface area contributed by atoms with Crippen LogP contribution in [0, 0.1) is 0 Å². The third kappa shape index (κ3) is 2.38. The number of para-hydroxylation sites is 1. The lowest BCUT2D eigenvalue weighted by molar-refractivity contribution is 0.104. The molecule has 0 spiro atoms. The fraction of sp³-hybridized carbons (Fsp3) is 0.0500. The van der Waals surface area contributed by atoms with Gasteiger partial charge in [-0.15, -0.1) is 0 Å². The number of fused-ring (bicyclic) bond motifs is 2. The highest BCUT2D eigenvalue weighted by molar-refractivity contribution is 6.10. The van der Waals surface area contributed by atoms with E-state index in [1.165, 1.54) is 6.08 Å². The number of ether oxygens (including phenoxy) is 1. The van der Waals surface area contributed by atoms with Gasteiger partial charge in [-0.2, -0.15) is 0 Å².